The number of nitrogens with zero attached hydrogens (tertiary/aromatic N) is 1. The summed E-state index contributed by atoms with van der Waals surface area (Å²) in [5, 5.41) is 15.9. The van der Waals surface area contributed by atoms with Crippen LogP contribution in [0.4, 0.5) is 11.4 Å². The van der Waals surface area contributed by atoms with Crippen LogP contribution in [0.3, 0.4) is 0 Å². The second kappa shape index (κ2) is 9.46. The molecule has 0 aliphatic heterocycles. The number of nitro groups is 1. The third-order valence-electron chi connectivity index (χ3n) is 4.98. The van der Waals surface area contributed by atoms with Crippen LogP contribution in [0.1, 0.15) is 56.3 Å². The summed E-state index contributed by atoms with van der Waals surface area (Å²) in [6, 6.07) is 13.4. The molecule has 0 aromatic heterocycles. The standard InChI is InChI=1S/C22H29N3O3/c1-14(2)17-9-11-18(12-10-17)21(15(3)4)23-13-20(26)24-22-16(5)7-6-8-19(22)25(27)28/h6-12,14-15,21,23H,13H2,1-5H3,(H,24,26)/p+1/t21-/m0/s1. The predicted molar refractivity (Wildman–Crippen MR) is 111 cm³/mol. The van der Waals surface area contributed by atoms with Gasteiger partial charge in [-0.1, -0.05) is 64.1 Å². The molecule has 6 nitrogen and oxygen atoms in total. The second-order valence-corrected chi connectivity index (χ2v) is 7.81. The molecular formula is C22H30N3O3+. The highest BCUT2D eigenvalue weighted by Crippen LogP contribution is 2.27. The minimum absolute atomic E-state index is 0.0852. The average molecular weight is 385 g/mol. The van der Waals surface area contributed by atoms with Gasteiger partial charge in [0, 0.05) is 17.5 Å². The number of nitrogens with two attached hydrogens (primary N) is 1. The molecule has 0 radical (unpaired) electrons. The molecule has 0 fully saturated rings. The number of benzene rings is 2. The van der Waals surface area contributed by atoms with Crippen molar-refractivity contribution in [1.82, 2.24) is 0 Å². The molecule has 0 heterocycles. The van der Waals surface area contributed by atoms with E-state index in [0.717, 1.165) is 0 Å². The summed E-state index contributed by atoms with van der Waals surface area (Å²) in [5.41, 5.74) is 3.32. The zero-order chi connectivity index (χ0) is 20.8. The lowest BCUT2D eigenvalue weighted by atomic mass is 9.93. The van der Waals surface area contributed by atoms with E-state index in [2.05, 4.69) is 57.3 Å². The van der Waals surface area contributed by atoms with Gasteiger partial charge in [0.2, 0.25) is 0 Å². The van der Waals surface area contributed by atoms with Gasteiger partial charge in [-0.25, -0.2) is 0 Å². The van der Waals surface area contributed by atoms with Crippen molar-refractivity contribution in [2.45, 2.75) is 46.6 Å². The van der Waals surface area contributed by atoms with Gasteiger partial charge in [0.15, 0.2) is 6.54 Å². The van der Waals surface area contributed by atoms with E-state index in [9.17, 15) is 14.9 Å². The quantitative estimate of drug-likeness (QED) is 0.534. The summed E-state index contributed by atoms with van der Waals surface area (Å²) in [6.07, 6.45) is 0. The molecule has 0 unspecified atom stereocenters. The predicted octanol–water partition coefficient (Wildman–Crippen LogP) is 3.93. The Bertz CT molecular complexity index is 829. The van der Waals surface area contributed by atoms with Crippen LogP contribution in [0.2, 0.25) is 0 Å². The van der Waals surface area contributed by atoms with Gasteiger partial charge in [-0.05, 0) is 24.0 Å². The molecule has 2 rings (SSSR count). The summed E-state index contributed by atoms with van der Waals surface area (Å²) in [5.74, 6) is 0.568. The van der Waals surface area contributed by atoms with Crippen LogP contribution < -0.4 is 10.6 Å². The summed E-state index contributed by atoms with van der Waals surface area (Å²) < 4.78 is 0. The van der Waals surface area contributed by atoms with Gasteiger partial charge in [0.25, 0.3) is 11.6 Å². The Morgan fingerprint density at radius 3 is 2.21 bits per heavy atom. The van der Waals surface area contributed by atoms with Gasteiger partial charge in [0.05, 0.1) is 4.92 Å². The summed E-state index contributed by atoms with van der Waals surface area (Å²) in [6.45, 7) is 10.5. The fourth-order valence-electron chi connectivity index (χ4n) is 3.29. The van der Waals surface area contributed by atoms with E-state index in [-0.39, 0.29) is 29.9 Å². The van der Waals surface area contributed by atoms with Crippen molar-refractivity contribution < 1.29 is 15.0 Å². The summed E-state index contributed by atoms with van der Waals surface area (Å²) >= 11 is 0. The van der Waals surface area contributed by atoms with Crippen LogP contribution in [-0.4, -0.2) is 17.4 Å². The maximum atomic E-state index is 12.5. The molecule has 6 heteroatoms. The zero-order valence-corrected chi connectivity index (χ0v) is 17.2. The number of anilines is 1. The molecular weight excluding hydrogens is 354 g/mol. The normalized spacial score (nSPS) is 12.2. The van der Waals surface area contributed by atoms with E-state index in [0.29, 0.717) is 17.4 Å². The lowest BCUT2D eigenvalue weighted by Gasteiger charge is -2.20. The van der Waals surface area contributed by atoms with Crippen molar-refractivity contribution in [3.05, 3.63) is 69.3 Å². The minimum atomic E-state index is -0.473. The first-order valence-corrected chi connectivity index (χ1v) is 9.67. The molecule has 0 spiro atoms. The molecule has 0 saturated carbocycles. The smallest absolute Gasteiger partial charge is 0.293 e. The SMILES string of the molecule is Cc1cccc([N+](=O)[O-])c1NC(=O)C[NH2+][C@H](c1ccc(C(C)C)cc1)C(C)C. The maximum Gasteiger partial charge on any atom is 0.293 e. The van der Waals surface area contributed by atoms with Crippen LogP contribution in [-0.2, 0) is 4.79 Å². The monoisotopic (exact) mass is 384 g/mol. The molecule has 0 saturated heterocycles. The molecule has 0 aliphatic carbocycles. The molecule has 28 heavy (non-hydrogen) atoms. The van der Waals surface area contributed by atoms with E-state index in [1.807, 2.05) is 5.32 Å². The molecule has 0 aliphatic rings. The number of hydrogen-bond donors (Lipinski definition) is 2. The van der Waals surface area contributed by atoms with Crippen molar-refractivity contribution >= 4 is 17.3 Å². The number of hydrogen-bond acceptors (Lipinski definition) is 3. The number of amides is 1. The topological polar surface area (TPSA) is 88.9 Å². The largest absolute Gasteiger partial charge is 0.332 e. The lowest BCUT2D eigenvalue weighted by molar-refractivity contribution is -0.692. The molecule has 2 aromatic rings. The van der Waals surface area contributed by atoms with Gasteiger partial charge in [-0.2, -0.15) is 0 Å². The highest BCUT2D eigenvalue weighted by molar-refractivity contribution is 5.94. The third kappa shape index (κ3) is 5.39. The fraction of sp³-hybridized carbons (Fsp3) is 0.409. The van der Waals surface area contributed by atoms with Gasteiger partial charge in [-0.15, -0.1) is 0 Å². The average Bonchev–Trinajstić information content (AvgIpc) is 2.63. The maximum absolute atomic E-state index is 12.5. The van der Waals surface area contributed by atoms with Gasteiger partial charge in [0.1, 0.15) is 11.7 Å². The molecule has 2 aromatic carbocycles. The van der Waals surface area contributed by atoms with Crippen molar-refractivity contribution in [1.29, 1.82) is 0 Å². The number of quaternary nitrogens is 1. The molecule has 3 N–H and O–H groups in total. The number of aryl methyl sites for hydroxylation is 1. The first kappa shape index (κ1) is 21.6. The number of rotatable bonds is 8. The summed E-state index contributed by atoms with van der Waals surface area (Å²) in [4.78, 5) is 23.2. The zero-order valence-electron chi connectivity index (χ0n) is 17.2. The number of carbonyl (C=O) groups excluding carboxylic acids is 1. The first-order chi connectivity index (χ1) is 13.2. The van der Waals surface area contributed by atoms with E-state index < -0.39 is 4.92 Å². The molecule has 1 amide bonds. The number of para-hydroxylation sites is 1. The van der Waals surface area contributed by atoms with E-state index in [4.69, 9.17) is 0 Å². The fourth-order valence-corrected chi connectivity index (χ4v) is 3.29. The van der Waals surface area contributed by atoms with Gasteiger partial charge in [-0.3, -0.25) is 14.9 Å². The first-order valence-electron chi connectivity index (χ1n) is 9.67. The number of nitrogens with one attached hydrogen (secondary N) is 1. The van der Waals surface area contributed by atoms with Crippen LogP contribution in [0.15, 0.2) is 42.5 Å². The Balaban J connectivity index is 2.08. The van der Waals surface area contributed by atoms with Crippen LogP contribution in [0, 0.1) is 23.0 Å². The Hall–Kier alpha value is -2.73. The van der Waals surface area contributed by atoms with Crippen molar-refractivity contribution in [3.8, 4) is 0 Å². The number of nitro benzene ring substituents is 1. The van der Waals surface area contributed by atoms with Crippen molar-refractivity contribution in [3.63, 3.8) is 0 Å². The number of carbonyl (C=O) groups is 1. The molecule has 1 atom stereocenters. The highest BCUT2D eigenvalue weighted by atomic mass is 16.6. The Morgan fingerprint density at radius 1 is 1.07 bits per heavy atom. The minimum Gasteiger partial charge on any atom is -0.332 e. The van der Waals surface area contributed by atoms with Crippen LogP contribution in [0.25, 0.3) is 0 Å². The van der Waals surface area contributed by atoms with Gasteiger partial charge < -0.3 is 10.6 Å². The molecule has 0 bridgehead atoms. The summed E-state index contributed by atoms with van der Waals surface area (Å²) in [7, 11) is 0. The molecule has 150 valence electrons. The van der Waals surface area contributed by atoms with E-state index >= 15 is 0 Å². The Kier molecular flexibility index (Phi) is 7.29. The second-order valence-electron chi connectivity index (χ2n) is 7.81. The van der Waals surface area contributed by atoms with Crippen LogP contribution in [0.5, 0.6) is 0 Å². The Labute approximate surface area is 166 Å². The highest BCUT2D eigenvalue weighted by Gasteiger charge is 2.22. The lowest BCUT2D eigenvalue weighted by Crippen LogP contribution is -2.88. The van der Waals surface area contributed by atoms with E-state index in [1.54, 1.807) is 19.1 Å². The van der Waals surface area contributed by atoms with Crippen molar-refractivity contribution in [2.75, 3.05) is 11.9 Å². The van der Waals surface area contributed by atoms with Crippen LogP contribution >= 0.6 is 0 Å². The Morgan fingerprint density at radius 2 is 1.68 bits per heavy atom. The third-order valence-corrected chi connectivity index (χ3v) is 4.98. The van der Waals surface area contributed by atoms with Crippen molar-refractivity contribution in [2.24, 2.45) is 5.92 Å². The van der Waals surface area contributed by atoms with Gasteiger partial charge >= 0.3 is 0 Å². The van der Waals surface area contributed by atoms with E-state index in [1.165, 1.54) is 17.2 Å².